The Morgan fingerprint density at radius 3 is 2.56 bits per heavy atom. The summed E-state index contributed by atoms with van der Waals surface area (Å²) in [5, 5.41) is 7.11. The van der Waals surface area contributed by atoms with Gasteiger partial charge in [0.25, 0.3) is 0 Å². The van der Waals surface area contributed by atoms with Crippen molar-refractivity contribution in [2.75, 3.05) is 20.6 Å². The molecule has 7 heteroatoms. The number of likely N-dealkylation sites (N-methyl/N-ethyl adjacent to an activating group) is 1. The summed E-state index contributed by atoms with van der Waals surface area (Å²) in [6.07, 6.45) is 2.64. The first-order valence-corrected chi connectivity index (χ1v) is 9.05. The summed E-state index contributed by atoms with van der Waals surface area (Å²) >= 11 is 0. The molecule has 1 aromatic carbocycles. The second-order valence-corrected chi connectivity index (χ2v) is 6.75. The molecule has 0 spiro atoms. The zero-order chi connectivity index (χ0) is 19.4. The molecular weight excluding hydrogens is 342 g/mol. The predicted octanol–water partition coefficient (Wildman–Crippen LogP) is 1.48. The Hall–Kier alpha value is -2.93. The molecule has 0 saturated carbocycles. The van der Waals surface area contributed by atoms with E-state index in [0.717, 1.165) is 12.0 Å². The number of benzene rings is 1. The number of hydrogen-bond donors (Lipinski definition) is 1. The van der Waals surface area contributed by atoms with Crippen LogP contribution in [0, 0.1) is 0 Å². The van der Waals surface area contributed by atoms with Gasteiger partial charge in [0.05, 0.1) is 6.04 Å². The fraction of sp³-hybridized carbons (Fsp3) is 0.350. The Kier molecular flexibility index (Phi) is 5.71. The highest BCUT2D eigenvalue weighted by Gasteiger charge is 2.16. The SMILES string of the molecule is CCc1ccc(C(CNC(=O)Cn2nc3ccccn3c2=O)N(C)C)cc1. The number of nitrogens with zero attached hydrogens (tertiary/aromatic N) is 4. The van der Waals surface area contributed by atoms with Crippen LogP contribution in [0.5, 0.6) is 0 Å². The van der Waals surface area contributed by atoms with E-state index in [4.69, 9.17) is 0 Å². The van der Waals surface area contributed by atoms with Crippen molar-refractivity contribution in [2.24, 2.45) is 0 Å². The van der Waals surface area contributed by atoms with Gasteiger partial charge in [0.2, 0.25) is 5.91 Å². The van der Waals surface area contributed by atoms with Crippen LogP contribution < -0.4 is 11.0 Å². The number of amides is 1. The van der Waals surface area contributed by atoms with Crippen molar-refractivity contribution in [3.8, 4) is 0 Å². The van der Waals surface area contributed by atoms with Crippen LogP contribution in [0.15, 0.2) is 53.5 Å². The van der Waals surface area contributed by atoms with Gasteiger partial charge in [-0.2, -0.15) is 0 Å². The minimum absolute atomic E-state index is 0.0534. The van der Waals surface area contributed by atoms with Crippen LogP contribution in [0.1, 0.15) is 24.1 Å². The van der Waals surface area contributed by atoms with E-state index in [0.29, 0.717) is 12.2 Å². The lowest BCUT2D eigenvalue weighted by molar-refractivity contribution is -0.122. The average molecular weight is 367 g/mol. The van der Waals surface area contributed by atoms with Crippen LogP contribution in [-0.2, 0) is 17.8 Å². The Balaban J connectivity index is 1.66. The molecule has 142 valence electrons. The second kappa shape index (κ2) is 8.18. The molecular formula is C20H25N5O2. The van der Waals surface area contributed by atoms with Crippen LogP contribution in [0.4, 0.5) is 0 Å². The summed E-state index contributed by atoms with van der Waals surface area (Å²) in [5.41, 5.74) is 2.63. The Bertz CT molecular complexity index is 972. The van der Waals surface area contributed by atoms with Crippen LogP contribution in [0.25, 0.3) is 5.65 Å². The van der Waals surface area contributed by atoms with Gasteiger partial charge in [0.15, 0.2) is 5.65 Å². The van der Waals surface area contributed by atoms with E-state index in [9.17, 15) is 9.59 Å². The minimum atomic E-state index is -0.319. The minimum Gasteiger partial charge on any atom is -0.353 e. The first kappa shape index (κ1) is 18.8. The molecule has 0 aliphatic rings. The number of fused-ring (bicyclic) bond motifs is 1. The third-order valence-electron chi connectivity index (χ3n) is 4.67. The maximum absolute atomic E-state index is 12.4. The number of nitrogens with one attached hydrogen (secondary N) is 1. The summed E-state index contributed by atoms with van der Waals surface area (Å²) in [6.45, 7) is 2.48. The smallest absolute Gasteiger partial charge is 0.350 e. The normalized spacial score (nSPS) is 12.4. The lowest BCUT2D eigenvalue weighted by Crippen LogP contribution is -2.38. The number of pyridine rings is 1. The van der Waals surface area contributed by atoms with Crippen molar-refractivity contribution in [1.82, 2.24) is 24.4 Å². The first-order valence-electron chi connectivity index (χ1n) is 9.05. The van der Waals surface area contributed by atoms with Gasteiger partial charge >= 0.3 is 5.69 Å². The first-order chi connectivity index (χ1) is 13.0. The molecule has 0 aliphatic heterocycles. The summed E-state index contributed by atoms with van der Waals surface area (Å²) in [7, 11) is 3.97. The van der Waals surface area contributed by atoms with Crippen LogP contribution >= 0.6 is 0 Å². The van der Waals surface area contributed by atoms with Gasteiger partial charge in [-0.25, -0.2) is 9.48 Å². The van der Waals surface area contributed by atoms with Gasteiger partial charge in [-0.1, -0.05) is 37.3 Å². The van der Waals surface area contributed by atoms with Gasteiger partial charge in [-0.3, -0.25) is 9.20 Å². The van der Waals surface area contributed by atoms with E-state index in [1.165, 1.54) is 14.6 Å². The van der Waals surface area contributed by atoms with E-state index in [1.807, 2.05) is 14.1 Å². The lowest BCUT2D eigenvalue weighted by Gasteiger charge is -2.25. The van der Waals surface area contributed by atoms with Crippen molar-refractivity contribution >= 4 is 11.6 Å². The molecule has 0 radical (unpaired) electrons. The molecule has 1 unspecified atom stereocenters. The molecule has 0 fully saturated rings. The van der Waals surface area contributed by atoms with Gasteiger partial charge in [0, 0.05) is 12.7 Å². The third-order valence-corrected chi connectivity index (χ3v) is 4.67. The largest absolute Gasteiger partial charge is 0.353 e. The maximum atomic E-state index is 12.4. The van der Waals surface area contributed by atoms with Gasteiger partial charge in [-0.15, -0.1) is 5.10 Å². The Morgan fingerprint density at radius 1 is 1.19 bits per heavy atom. The molecule has 0 saturated heterocycles. The molecule has 27 heavy (non-hydrogen) atoms. The molecule has 1 N–H and O–H groups in total. The van der Waals surface area contributed by atoms with E-state index in [-0.39, 0.29) is 24.2 Å². The van der Waals surface area contributed by atoms with Crippen LogP contribution in [0.3, 0.4) is 0 Å². The average Bonchev–Trinajstić information content (AvgIpc) is 2.98. The molecule has 3 rings (SSSR count). The number of aromatic nitrogens is 3. The van der Waals surface area contributed by atoms with Crippen molar-refractivity contribution in [3.05, 3.63) is 70.3 Å². The van der Waals surface area contributed by atoms with Crippen molar-refractivity contribution < 1.29 is 4.79 Å². The Morgan fingerprint density at radius 2 is 1.93 bits per heavy atom. The molecule has 0 aliphatic carbocycles. The van der Waals surface area contributed by atoms with Crippen LogP contribution in [-0.4, -0.2) is 45.6 Å². The third kappa shape index (κ3) is 4.25. The molecule has 1 amide bonds. The standard InChI is InChI=1S/C20H25N5O2/c1-4-15-8-10-16(11-9-15)17(23(2)3)13-21-19(26)14-25-20(27)24-12-6-5-7-18(24)22-25/h5-12,17H,4,13-14H2,1-3H3,(H,21,26). The van der Waals surface area contributed by atoms with E-state index < -0.39 is 0 Å². The van der Waals surface area contributed by atoms with Crippen molar-refractivity contribution in [2.45, 2.75) is 25.9 Å². The number of hydrogen-bond acceptors (Lipinski definition) is 4. The van der Waals surface area contributed by atoms with Crippen molar-refractivity contribution in [1.29, 1.82) is 0 Å². The Labute approximate surface area is 158 Å². The molecule has 3 aromatic rings. The molecule has 2 heterocycles. The summed E-state index contributed by atoms with van der Waals surface area (Å²) in [5.74, 6) is -0.238. The second-order valence-electron chi connectivity index (χ2n) is 6.75. The highest BCUT2D eigenvalue weighted by Crippen LogP contribution is 2.18. The number of carbonyl (C=O) groups is 1. The van der Waals surface area contributed by atoms with Gasteiger partial charge in [-0.05, 0) is 43.8 Å². The predicted molar refractivity (Wildman–Crippen MR) is 105 cm³/mol. The molecule has 7 nitrogen and oxygen atoms in total. The fourth-order valence-corrected chi connectivity index (χ4v) is 3.05. The highest BCUT2D eigenvalue weighted by atomic mass is 16.2. The monoisotopic (exact) mass is 367 g/mol. The molecule has 1 atom stereocenters. The molecule has 2 aromatic heterocycles. The van der Waals surface area contributed by atoms with E-state index in [2.05, 4.69) is 46.5 Å². The zero-order valence-electron chi connectivity index (χ0n) is 15.9. The van der Waals surface area contributed by atoms with E-state index >= 15 is 0 Å². The quantitative estimate of drug-likeness (QED) is 0.687. The summed E-state index contributed by atoms with van der Waals surface area (Å²) in [4.78, 5) is 26.7. The van der Waals surface area contributed by atoms with Crippen LogP contribution in [0.2, 0.25) is 0 Å². The van der Waals surface area contributed by atoms with Gasteiger partial charge in [0.1, 0.15) is 6.54 Å². The summed E-state index contributed by atoms with van der Waals surface area (Å²) < 4.78 is 2.61. The number of aryl methyl sites for hydroxylation is 1. The van der Waals surface area contributed by atoms with E-state index in [1.54, 1.807) is 24.4 Å². The maximum Gasteiger partial charge on any atom is 0.350 e. The fourth-order valence-electron chi connectivity index (χ4n) is 3.05. The lowest BCUT2D eigenvalue weighted by atomic mass is 10.0. The highest BCUT2D eigenvalue weighted by molar-refractivity contribution is 5.75. The summed E-state index contributed by atoms with van der Waals surface area (Å²) in [6, 6.07) is 13.8. The zero-order valence-corrected chi connectivity index (χ0v) is 15.9. The van der Waals surface area contributed by atoms with Gasteiger partial charge < -0.3 is 10.2 Å². The number of rotatable bonds is 7. The van der Waals surface area contributed by atoms with Crippen molar-refractivity contribution in [3.63, 3.8) is 0 Å². The topological polar surface area (TPSA) is 71.6 Å². The number of carbonyl (C=O) groups excluding carboxylic acids is 1. The molecule has 0 bridgehead atoms.